The van der Waals surface area contributed by atoms with Crippen LogP contribution in [-0.2, 0) is 23.6 Å². The Morgan fingerprint density at radius 1 is 1.44 bits per heavy atom. The van der Waals surface area contributed by atoms with Crippen molar-refractivity contribution in [2.24, 2.45) is 7.05 Å². The van der Waals surface area contributed by atoms with E-state index in [1.807, 2.05) is 0 Å². The van der Waals surface area contributed by atoms with Crippen molar-refractivity contribution in [3.8, 4) is 0 Å². The first-order valence-electron chi connectivity index (χ1n) is 4.77. The van der Waals surface area contributed by atoms with Gasteiger partial charge in [0.1, 0.15) is 5.82 Å². The normalized spacial score (nSPS) is 12.6. The van der Waals surface area contributed by atoms with Gasteiger partial charge in [0, 0.05) is 18.8 Å². The van der Waals surface area contributed by atoms with Crippen molar-refractivity contribution in [3.63, 3.8) is 0 Å². The fourth-order valence-electron chi connectivity index (χ4n) is 1.40. The molecule has 16 heavy (non-hydrogen) atoms. The van der Waals surface area contributed by atoms with Gasteiger partial charge in [0.05, 0.1) is 27.6 Å². The molecule has 0 saturated heterocycles. The van der Waals surface area contributed by atoms with E-state index in [-0.39, 0.29) is 10.6 Å². The molecule has 2 rings (SSSR count). The minimum atomic E-state index is -1.36. The van der Waals surface area contributed by atoms with Crippen molar-refractivity contribution in [1.82, 2.24) is 9.78 Å². The molecule has 5 heteroatoms. The van der Waals surface area contributed by atoms with Crippen LogP contribution in [0.1, 0.15) is 5.56 Å². The second-order valence-corrected chi connectivity index (χ2v) is 4.86. The lowest BCUT2D eigenvalue weighted by molar-refractivity contribution is 0.595. The minimum absolute atomic E-state index is 0.242. The SMILES string of the molecule is Cn1cc(CS(=O)c2ccccc2F)cn1. The summed E-state index contributed by atoms with van der Waals surface area (Å²) in [4.78, 5) is 0.242. The first-order valence-corrected chi connectivity index (χ1v) is 6.09. The van der Waals surface area contributed by atoms with Gasteiger partial charge >= 0.3 is 0 Å². The molecule has 0 aliphatic heterocycles. The number of aryl methyl sites for hydroxylation is 1. The van der Waals surface area contributed by atoms with Crippen molar-refractivity contribution < 1.29 is 8.60 Å². The largest absolute Gasteiger partial charge is 0.276 e. The third kappa shape index (κ3) is 2.36. The zero-order chi connectivity index (χ0) is 11.5. The maximum atomic E-state index is 13.3. The van der Waals surface area contributed by atoms with E-state index in [1.54, 1.807) is 42.3 Å². The van der Waals surface area contributed by atoms with Crippen LogP contribution in [0.2, 0.25) is 0 Å². The van der Waals surface area contributed by atoms with Crippen LogP contribution < -0.4 is 0 Å². The first kappa shape index (κ1) is 11.0. The summed E-state index contributed by atoms with van der Waals surface area (Å²) < 4.78 is 26.8. The van der Waals surface area contributed by atoms with Crippen molar-refractivity contribution in [2.75, 3.05) is 0 Å². The molecule has 1 heterocycles. The highest BCUT2D eigenvalue weighted by atomic mass is 32.2. The Bertz CT molecular complexity index is 524. The van der Waals surface area contributed by atoms with Gasteiger partial charge < -0.3 is 0 Å². The molecule has 2 aromatic rings. The highest BCUT2D eigenvalue weighted by Gasteiger charge is 2.10. The number of rotatable bonds is 3. The maximum Gasteiger partial charge on any atom is 0.139 e. The number of aromatic nitrogens is 2. The predicted molar refractivity (Wildman–Crippen MR) is 59.7 cm³/mol. The molecule has 0 aliphatic carbocycles. The van der Waals surface area contributed by atoms with Crippen LogP contribution in [0.15, 0.2) is 41.6 Å². The number of nitrogens with zero attached hydrogens (tertiary/aromatic N) is 2. The molecular formula is C11H11FN2OS. The zero-order valence-corrected chi connectivity index (χ0v) is 9.58. The summed E-state index contributed by atoms with van der Waals surface area (Å²) in [7, 11) is 0.426. The summed E-state index contributed by atoms with van der Waals surface area (Å²) in [6.07, 6.45) is 3.41. The summed E-state index contributed by atoms with van der Waals surface area (Å²) >= 11 is 0. The van der Waals surface area contributed by atoms with Crippen molar-refractivity contribution in [2.45, 2.75) is 10.6 Å². The summed E-state index contributed by atoms with van der Waals surface area (Å²) in [5.74, 6) is -0.140. The topological polar surface area (TPSA) is 34.9 Å². The van der Waals surface area contributed by atoms with E-state index in [0.717, 1.165) is 5.56 Å². The van der Waals surface area contributed by atoms with Crippen molar-refractivity contribution in [1.29, 1.82) is 0 Å². The van der Waals surface area contributed by atoms with E-state index in [9.17, 15) is 8.60 Å². The first-order chi connectivity index (χ1) is 7.66. The molecule has 0 fully saturated rings. The Balaban J connectivity index is 2.18. The Labute approximate surface area is 95.4 Å². The van der Waals surface area contributed by atoms with Crippen LogP contribution in [-0.4, -0.2) is 14.0 Å². The Hall–Kier alpha value is -1.49. The van der Waals surface area contributed by atoms with Crippen LogP contribution in [0.5, 0.6) is 0 Å². The highest BCUT2D eigenvalue weighted by Crippen LogP contribution is 2.15. The minimum Gasteiger partial charge on any atom is -0.276 e. The average molecular weight is 238 g/mol. The monoisotopic (exact) mass is 238 g/mol. The lowest BCUT2D eigenvalue weighted by atomic mass is 10.3. The van der Waals surface area contributed by atoms with Gasteiger partial charge in [-0.3, -0.25) is 8.89 Å². The fraction of sp³-hybridized carbons (Fsp3) is 0.182. The van der Waals surface area contributed by atoms with E-state index in [1.165, 1.54) is 6.07 Å². The van der Waals surface area contributed by atoms with Gasteiger partial charge in [-0.1, -0.05) is 12.1 Å². The second kappa shape index (κ2) is 4.57. The standard InChI is InChI=1S/C11H11FN2OS/c1-14-7-9(6-13-14)8-16(15)11-5-3-2-4-10(11)12/h2-7H,8H2,1H3. The molecule has 1 aromatic heterocycles. The van der Waals surface area contributed by atoms with E-state index in [0.29, 0.717) is 0 Å². The van der Waals surface area contributed by atoms with E-state index in [2.05, 4.69) is 5.10 Å². The average Bonchev–Trinajstić information content (AvgIpc) is 2.64. The third-order valence-electron chi connectivity index (χ3n) is 2.14. The molecular weight excluding hydrogens is 227 g/mol. The molecule has 3 nitrogen and oxygen atoms in total. The molecule has 0 spiro atoms. The Kier molecular flexibility index (Phi) is 3.14. The third-order valence-corrected chi connectivity index (χ3v) is 3.56. The van der Waals surface area contributed by atoms with Crippen LogP contribution in [0, 0.1) is 5.82 Å². The maximum absolute atomic E-state index is 13.3. The number of hydrogen-bond donors (Lipinski definition) is 0. The quantitative estimate of drug-likeness (QED) is 0.818. The molecule has 0 N–H and O–H groups in total. The molecule has 0 amide bonds. The highest BCUT2D eigenvalue weighted by molar-refractivity contribution is 7.84. The molecule has 0 aliphatic rings. The number of halogens is 1. The lowest BCUT2D eigenvalue weighted by Gasteiger charge is -2.01. The van der Waals surface area contributed by atoms with Gasteiger partial charge in [-0.05, 0) is 12.1 Å². The lowest BCUT2D eigenvalue weighted by Crippen LogP contribution is -1.98. The summed E-state index contributed by atoms with van der Waals surface area (Å²) in [6.45, 7) is 0. The van der Waals surface area contributed by atoms with Gasteiger partial charge in [-0.15, -0.1) is 0 Å². The Morgan fingerprint density at radius 3 is 2.81 bits per heavy atom. The van der Waals surface area contributed by atoms with Crippen LogP contribution in [0.4, 0.5) is 4.39 Å². The van der Waals surface area contributed by atoms with E-state index in [4.69, 9.17) is 0 Å². The van der Waals surface area contributed by atoms with Crippen LogP contribution in [0.3, 0.4) is 0 Å². The van der Waals surface area contributed by atoms with E-state index < -0.39 is 16.6 Å². The van der Waals surface area contributed by atoms with Gasteiger partial charge in [0.25, 0.3) is 0 Å². The summed E-state index contributed by atoms with van der Waals surface area (Å²) in [6, 6.07) is 6.12. The molecule has 0 radical (unpaired) electrons. The summed E-state index contributed by atoms with van der Waals surface area (Å²) in [5, 5.41) is 3.97. The van der Waals surface area contributed by atoms with Gasteiger partial charge in [-0.25, -0.2) is 4.39 Å². The van der Waals surface area contributed by atoms with Crippen LogP contribution in [0.25, 0.3) is 0 Å². The fourth-order valence-corrected chi connectivity index (χ4v) is 2.53. The molecule has 0 bridgehead atoms. The smallest absolute Gasteiger partial charge is 0.139 e. The zero-order valence-electron chi connectivity index (χ0n) is 8.76. The van der Waals surface area contributed by atoms with E-state index >= 15 is 0 Å². The summed E-state index contributed by atoms with van der Waals surface area (Å²) in [5.41, 5.74) is 0.837. The van der Waals surface area contributed by atoms with Crippen molar-refractivity contribution >= 4 is 10.8 Å². The predicted octanol–water partition coefficient (Wildman–Crippen LogP) is 1.87. The Morgan fingerprint density at radius 2 is 2.19 bits per heavy atom. The van der Waals surface area contributed by atoms with Crippen LogP contribution >= 0.6 is 0 Å². The second-order valence-electron chi connectivity index (χ2n) is 3.44. The number of hydrogen-bond acceptors (Lipinski definition) is 2. The van der Waals surface area contributed by atoms with Gasteiger partial charge in [0.2, 0.25) is 0 Å². The molecule has 1 atom stereocenters. The molecule has 1 aromatic carbocycles. The van der Waals surface area contributed by atoms with Gasteiger partial charge in [0.15, 0.2) is 0 Å². The van der Waals surface area contributed by atoms with Gasteiger partial charge in [-0.2, -0.15) is 5.10 Å². The molecule has 1 unspecified atom stereocenters. The molecule has 0 saturated carbocycles. The molecule has 84 valence electrons. The van der Waals surface area contributed by atoms with Crippen molar-refractivity contribution in [3.05, 3.63) is 48.0 Å². The number of benzene rings is 1.